The lowest BCUT2D eigenvalue weighted by atomic mass is 10.0. The van der Waals surface area contributed by atoms with Crippen molar-refractivity contribution in [1.29, 1.82) is 0 Å². The summed E-state index contributed by atoms with van der Waals surface area (Å²) in [6, 6.07) is 3.75. The highest BCUT2D eigenvalue weighted by Crippen LogP contribution is 2.27. The summed E-state index contributed by atoms with van der Waals surface area (Å²) >= 11 is 1.71. The van der Waals surface area contributed by atoms with Crippen molar-refractivity contribution in [3.05, 3.63) is 60.0 Å². The molecule has 0 spiro atoms. The quantitative estimate of drug-likeness (QED) is 0.734. The molecule has 3 aromatic heterocycles. The van der Waals surface area contributed by atoms with E-state index >= 15 is 0 Å². The molecule has 0 bridgehead atoms. The minimum atomic E-state index is -0.566. The second kappa shape index (κ2) is 7.01. The first kappa shape index (κ1) is 18.6. The van der Waals surface area contributed by atoms with E-state index in [9.17, 15) is 14.4 Å². The van der Waals surface area contributed by atoms with Gasteiger partial charge in [-0.2, -0.15) is 0 Å². The van der Waals surface area contributed by atoms with Gasteiger partial charge in [-0.3, -0.25) is 19.1 Å². The first-order valence-corrected chi connectivity index (χ1v) is 10.3. The number of hydrogen-bond donors (Lipinski definition) is 1. The van der Waals surface area contributed by atoms with Crippen LogP contribution < -0.4 is 11.2 Å². The summed E-state index contributed by atoms with van der Waals surface area (Å²) in [6.07, 6.45) is 0.814. The molecule has 0 radical (unpaired) electrons. The Morgan fingerprint density at radius 3 is 2.86 bits per heavy atom. The summed E-state index contributed by atoms with van der Waals surface area (Å²) in [5, 5.41) is 2.23. The lowest BCUT2D eigenvalue weighted by Crippen LogP contribution is -2.37. The van der Waals surface area contributed by atoms with Crippen LogP contribution in [0.3, 0.4) is 0 Å². The summed E-state index contributed by atoms with van der Waals surface area (Å²) in [7, 11) is 0. The summed E-state index contributed by atoms with van der Waals surface area (Å²) < 4.78 is 1.41. The molecule has 1 aliphatic heterocycles. The van der Waals surface area contributed by atoms with Gasteiger partial charge in [0.2, 0.25) is 0 Å². The number of H-pyrrole nitrogens is 1. The number of aromatic nitrogens is 3. The first-order chi connectivity index (χ1) is 13.4. The van der Waals surface area contributed by atoms with Crippen molar-refractivity contribution in [3.8, 4) is 0 Å². The predicted octanol–water partition coefficient (Wildman–Crippen LogP) is 2.49. The maximum absolute atomic E-state index is 13.4. The molecule has 0 aliphatic carbocycles. The number of aromatic amines is 1. The van der Waals surface area contributed by atoms with Crippen LogP contribution >= 0.6 is 11.3 Å². The normalized spacial score (nSPS) is 13.9. The number of nitrogens with one attached hydrogen (secondary N) is 1. The van der Waals surface area contributed by atoms with Gasteiger partial charge in [0.1, 0.15) is 0 Å². The molecule has 1 aliphatic rings. The number of nitrogens with zero attached hydrogens (tertiary/aromatic N) is 3. The van der Waals surface area contributed by atoms with Crippen LogP contribution in [0.5, 0.6) is 0 Å². The summed E-state index contributed by atoms with van der Waals surface area (Å²) in [5.74, 6) is -0.140. The van der Waals surface area contributed by atoms with Gasteiger partial charge in [0.05, 0.1) is 10.9 Å². The zero-order valence-electron chi connectivity index (χ0n) is 16.1. The number of fused-ring (bicyclic) bond motifs is 2. The van der Waals surface area contributed by atoms with Gasteiger partial charge in [-0.25, -0.2) is 9.78 Å². The number of pyridine rings is 1. The van der Waals surface area contributed by atoms with Gasteiger partial charge in [0, 0.05) is 30.2 Å². The summed E-state index contributed by atoms with van der Waals surface area (Å²) in [5.41, 5.74) is 1.37. The van der Waals surface area contributed by atoms with Crippen LogP contribution in [0.2, 0.25) is 0 Å². The monoisotopic (exact) mass is 398 g/mol. The third kappa shape index (κ3) is 2.97. The highest BCUT2D eigenvalue weighted by atomic mass is 32.1. The molecule has 8 heteroatoms. The Balaban J connectivity index is 1.92. The molecule has 0 saturated carbocycles. The number of aryl methyl sites for hydroxylation is 1. The zero-order valence-corrected chi connectivity index (χ0v) is 16.9. The molecule has 28 heavy (non-hydrogen) atoms. The van der Waals surface area contributed by atoms with Gasteiger partial charge in [0.25, 0.3) is 11.5 Å². The maximum atomic E-state index is 13.4. The SMILES string of the molecule is CCn1c(=O)[nH]c(=O)c2c(C(=O)N3CCc4sccc4C3)cc(C(C)C)nc21. The van der Waals surface area contributed by atoms with Gasteiger partial charge >= 0.3 is 5.69 Å². The minimum Gasteiger partial charge on any atom is -0.334 e. The summed E-state index contributed by atoms with van der Waals surface area (Å²) in [6.45, 7) is 7.26. The Hall–Kier alpha value is -2.74. The highest BCUT2D eigenvalue weighted by molar-refractivity contribution is 7.10. The maximum Gasteiger partial charge on any atom is 0.329 e. The number of carbonyl (C=O) groups is 1. The average Bonchev–Trinajstić information content (AvgIpc) is 3.14. The van der Waals surface area contributed by atoms with Crippen LogP contribution in [0.25, 0.3) is 11.0 Å². The molecule has 0 unspecified atom stereocenters. The van der Waals surface area contributed by atoms with E-state index in [1.165, 1.54) is 9.44 Å². The number of thiophene rings is 1. The van der Waals surface area contributed by atoms with E-state index in [0.717, 1.165) is 12.0 Å². The molecular formula is C20H22N4O3S. The van der Waals surface area contributed by atoms with E-state index < -0.39 is 11.2 Å². The molecule has 7 nitrogen and oxygen atoms in total. The average molecular weight is 398 g/mol. The fourth-order valence-electron chi connectivity index (χ4n) is 3.64. The molecule has 3 aromatic rings. The van der Waals surface area contributed by atoms with E-state index in [1.54, 1.807) is 22.3 Å². The largest absolute Gasteiger partial charge is 0.334 e. The molecule has 4 heterocycles. The highest BCUT2D eigenvalue weighted by Gasteiger charge is 2.27. The van der Waals surface area contributed by atoms with Crippen molar-refractivity contribution in [3.63, 3.8) is 0 Å². The Labute approximate surface area is 165 Å². The molecule has 1 amide bonds. The minimum absolute atomic E-state index is 0.0560. The Morgan fingerprint density at radius 1 is 1.36 bits per heavy atom. The zero-order chi connectivity index (χ0) is 20.0. The first-order valence-electron chi connectivity index (χ1n) is 9.43. The molecule has 0 saturated heterocycles. The second-order valence-corrected chi connectivity index (χ2v) is 8.30. The van der Waals surface area contributed by atoms with Gasteiger partial charge in [0.15, 0.2) is 5.65 Å². The third-order valence-corrected chi connectivity index (χ3v) is 6.22. The fourth-order valence-corrected chi connectivity index (χ4v) is 4.53. The van der Waals surface area contributed by atoms with Crippen molar-refractivity contribution in [2.75, 3.05) is 6.54 Å². The smallest absolute Gasteiger partial charge is 0.329 e. The van der Waals surface area contributed by atoms with Gasteiger partial charge in [-0.15, -0.1) is 11.3 Å². The molecule has 0 fully saturated rings. The van der Waals surface area contributed by atoms with Crippen LogP contribution in [0.1, 0.15) is 53.2 Å². The van der Waals surface area contributed by atoms with Crippen LogP contribution in [0.15, 0.2) is 27.1 Å². The van der Waals surface area contributed by atoms with Crippen LogP contribution in [0.4, 0.5) is 0 Å². The second-order valence-electron chi connectivity index (χ2n) is 7.30. The predicted molar refractivity (Wildman–Crippen MR) is 109 cm³/mol. The molecule has 4 rings (SSSR count). The van der Waals surface area contributed by atoms with Crippen molar-refractivity contribution in [2.24, 2.45) is 0 Å². The molecule has 1 N–H and O–H groups in total. The standard InChI is InChI=1S/C20H22N4O3S/c1-4-24-17-16(18(25)22-20(24)27)13(9-14(21-17)11(2)3)19(26)23-7-5-15-12(10-23)6-8-28-15/h6,8-9,11H,4-5,7,10H2,1-3H3,(H,22,25,27). The van der Waals surface area contributed by atoms with Crippen molar-refractivity contribution in [1.82, 2.24) is 19.4 Å². The number of amides is 1. The van der Waals surface area contributed by atoms with Crippen molar-refractivity contribution in [2.45, 2.75) is 46.2 Å². The fraction of sp³-hybridized carbons (Fsp3) is 0.400. The van der Waals surface area contributed by atoms with Gasteiger partial charge in [-0.1, -0.05) is 13.8 Å². The van der Waals surface area contributed by atoms with E-state index in [0.29, 0.717) is 30.9 Å². The number of rotatable bonds is 3. The summed E-state index contributed by atoms with van der Waals surface area (Å²) in [4.78, 5) is 48.3. The van der Waals surface area contributed by atoms with E-state index in [4.69, 9.17) is 0 Å². The number of carbonyl (C=O) groups excluding carboxylic acids is 1. The Bertz CT molecular complexity index is 1190. The molecular weight excluding hydrogens is 376 g/mol. The van der Waals surface area contributed by atoms with Crippen LogP contribution in [0, 0.1) is 0 Å². The number of hydrogen-bond acceptors (Lipinski definition) is 5. The van der Waals surface area contributed by atoms with Crippen molar-refractivity contribution >= 4 is 28.3 Å². The lowest BCUT2D eigenvalue weighted by molar-refractivity contribution is 0.0737. The molecule has 0 aromatic carbocycles. The van der Waals surface area contributed by atoms with E-state index in [2.05, 4.69) is 9.97 Å². The topological polar surface area (TPSA) is 88.1 Å². The van der Waals surface area contributed by atoms with Crippen LogP contribution in [-0.4, -0.2) is 31.9 Å². The van der Waals surface area contributed by atoms with Gasteiger partial charge < -0.3 is 4.90 Å². The van der Waals surface area contributed by atoms with E-state index in [1.807, 2.05) is 32.2 Å². The van der Waals surface area contributed by atoms with Gasteiger partial charge in [-0.05, 0) is 42.3 Å². The molecule has 0 atom stereocenters. The molecule has 146 valence electrons. The van der Waals surface area contributed by atoms with Crippen LogP contribution in [-0.2, 0) is 19.5 Å². The van der Waals surface area contributed by atoms with Crippen molar-refractivity contribution < 1.29 is 4.79 Å². The third-order valence-electron chi connectivity index (χ3n) is 5.20. The lowest BCUT2D eigenvalue weighted by Gasteiger charge is -2.27. The Kier molecular flexibility index (Phi) is 4.66. The van der Waals surface area contributed by atoms with E-state index in [-0.39, 0.29) is 22.9 Å². The Morgan fingerprint density at radius 2 is 2.14 bits per heavy atom.